The van der Waals surface area contributed by atoms with Crippen LogP contribution in [0.2, 0.25) is 0 Å². The van der Waals surface area contributed by atoms with Crippen LogP contribution >= 0.6 is 0 Å². The summed E-state index contributed by atoms with van der Waals surface area (Å²) in [5.41, 5.74) is 4.24. The van der Waals surface area contributed by atoms with E-state index in [9.17, 15) is 9.59 Å². The first-order valence-corrected chi connectivity index (χ1v) is 11.8. The van der Waals surface area contributed by atoms with E-state index in [2.05, 4.69) is 36.6 Å². The number of nitrogens with zero attached hydrogens (tertiary/aromatic N) is 1. The van der Waals surface area contributed by atoms with Gasteiger partial charge >= 0.3 is 0 Å². The molecule has 1 aliphatic rings. The molecule has 2 N–H and O–H groups in total. The van der Waals surface area contributed by atoms with E-state index in [4.69, 9.17) is 0 Å². The fourth-order valence-corrected chi connectivity index (χ4v) is 4.80. The summed E-state index contributed by atoms with van der Waals surface area (Å²) in [7, 11) is 0. The Morgan fingerprint density at radius 2 is 1.70 bits per heavy atom. The number of benzene rings is 2. The van der Waals surface area contributed by atoms with Gasteiger partial charge in [-0.2, -0.15) is 0 Å². The average molecular weight is 526 g/mol. The summed E-state index contributed by atoms with van der Waals surface area (Å²) < 4.78 is 0.612. The van der Waals surface area contributed by atoms with Gasteiger partial charge in [-0.25, -0.2) is 0 Å². The van der Waals surface area contributed by atoms with Crippen LogP contribution in [0.15, 0.2) is 48.5 Å². The van der Waals surface area contributed by atoms with Crippen LogP contribution in [-0.4, -0.2) is 42.5 Å². The Labute approximate surface area is 224 Å². The number of rotatable bonds is 8. The van der Waals surface area contributed by atoms with Crippen LogP contribution in [0, 0.1) is 25.7 Å². The van der Waals surface area contributed by atoms with Gasteiger partial charge in [-0.1, -0.05) is 62.4 Å². The van der Waals surface area contributed by atoms with E-state index in [-0.39, 0.29) is 50.4 Å². The molecule has 6 heteroatoms. The van der Waals surface area contributed by atoms with Crippen LogP contribution in [-0.2, 0) is 48.8 Å². The molecule has 0 aromatic heterocycles. The van der Waals surface area contributed by atoms with Crippen molar-refractivity contribution in [2.24, 2.45) is 11.8 Å². The van der Waals surface area contributed by atoms with E-state index in [0.717, 1.165) is 42.7 Å². The summed E-state index contributed by atoms with van der Waals surface area (Å²) in [6, 6.07) is 16.4. The van der Waals surface area contributed by atoms with Crippen molar-refractivity contribution in [1.82, 2.24) is 5.32 Å². The first-order valence-electron chi connectivity index (χ1n) is 11.8. The number of carbonyl (C=O) groups excluding carboxylic acids is 2. The molecule has 5 nitrogen and oxygen atoms in total. The molecule has 0 spiro atoms. The first kappa shape index (κ1) is 27.7. The number of likely N-dealkylation sites (tertiary alicyclic amines) is 1. The van der Waals surface area contributed by atoms with Gasteiger partial charge in [0.1, 0.15) is 6.54 Å². The van der Waals surface area contributed by atoms with Gasteiger partial charge in [0.05, 0.1) is 19.0 Å². The number of amides is 2. The number of para-hydroxylation sites is 1. The van der Waals surface area contributed by atoms with Crippen molar-refractivity contribution in [1.29, 1.82) is 0 Å². The van der Waals surface area contributed by atoms with Gasteiger partial charge in [-0.15, -0.1) is 0 Å². The maximum absolute atomic E-state index is 13.2. The number of anilines is 1. The predicted octanol–water partition coefficient (Wildman–Crippen LogP) is 4.44. The third-order valence-electron chi connectivity index (χ3n) is 6.43. The molecule has 175 valence electrons. The van der Waals surface area contributed by atoms with Crippen LogP contribution in [0.5, 0.6) is 0 Å². The normalized spacial score (nSPS) is 20.1. The Bertz CT molecular complexity index is 912. The molecule has 0 bridgehead atoms. The monoisotopic (exact) mass is 525 g/mol. The summed E-state index contributed by atoms with van der Waals surface area (Å²) in [6.07, 6.45) is 1.83. The zero-order valence-corrected chi connectivity index (χ0v) is 23.4. The van der Waals surface area contributed by atoms with Crippen LogP contribution in [0.25, 0.3) is 0 Å². The van der Waals surface area contributed by atoms with Crippen molar-refractivity contribution in [3.05, 3.63) is 65.2 Å². The van der Waals surface area contributed by atoms with Gasteiger partial charge in [0.15, 0.2) is 6.54 Å². The van der Waals surface area contributed by atoms with Crippen molar-refractivity contribution >= 4 is 17.5 Å². The molecule has 0 saturated carbocycles. The molecule has 1 radical (unpaired) electrons. The van der Waals surface area contributed by atoms with Gasteiger partial charge in [0, 0.05) is 50.5 Å². The molecule has 1 saturated heterocycles. The van der Waals surface area contributed by atoms with Crippen molar-refractivity contribution in [3.8, 4) is 0 Å². The second-order valence-electron chi connectivity index (χ2n) is 9.84. The third kappa shape index (κ3) is 8.01. The number of carbonyl (C=O) groups is 2. The Morgan fingerprint density at radius 1 is 1.03 bits per heavy atom. The molecule has 1 heterocycles. The van der Waals surface area contributed by atoms with E-state index in [0.29, 0.717) is 30.0 Å². The van der Waals surface area contributed by atoms with E-state index < -0.39 is 0 Å². The molecule has 1 aliphatic heterocycles. The van der Waals surface area contributed by atoms with Crippen molar-refractivity contribution in [2.75, 3.05) is 31.5 Å². The molecule has 2 aromatic carbocycles. The van der Waals surface area contributed by atoms with Crippen LogP contribution in [0.1, 0.15) is 43.4 Å². The largest absolute Gasteiger partial charge is 0.355 e. The van der Waals surface area contributed by atoms with Gasteiger partial charge in [-0.3, -0.25) is 9.59 Å². The zero-order chi connectivity index (χ0) is 23.1. The molecule has 2 amide bonds. The van der Waals surface area contributed by atoms with E-state index in [1.54, 1.807) is 0 Å². The maximum Gasteiger partial charge on any atom is 0.279 e. The number of aryl methyl sites for hydroxylation is 2. The third-order valence-corrected chi connectivity index (χ3v) is 6.43. The van der Waals surface area contributed by atoms with E-state index >= 15 is 0 Å². The SMILES string of the molecule is Cc1cccc(C)c1NC(=O)C[N+]1(Cc2ccccc2)CCCC(C(=O)NCC(C)C)C1.[Y]. The topological polar surface area (TPSA) is 58.2 Å². The van der Waals surface area contributed by atoms with Gasteiger partial charge < -0.3 is 15.1 Å². The molecule has 0 aliphatic carbocycles. The second kappa shape index (κ2) is 12.8. The Kier molecular flexibility index (Phi) is 10.7. The van der Waals surface area contributed by atoms with Gasteiger partial charge in [-0.05, 0) is 43.7 Å². The molecule has 2 aromatic rings. The predicted molar refractivity (Wildman–Crippen MR) is 130 cm³/mol. The van der Waals surface area contributed by atoms with E-state index in [1.807, 2.05) is 50.2 Å². The molecule has 2 atom stereocenters. The summed E-state index contributed by atoms with van der Waals surface area (Å²) in [5.74, 6) is 0.513. The molecular weight excluding hydrogens is 487 g/mol. The summed E-state index contributed by atoms with van der Waals surface area (Å²) in [4.78, 5) is 26.1. The minimum absolute atomic E-state index is 0. The number of piperidine rings is 1. The number of nitrogens with one attached hydrogen (secondary N) is 2. The Morgan fingerprint density at radius 3 is 2.33 bits per heavy atom. The molecule has 3 rings (SSSR count). The Hall–Kier alpha value is -1.56. The van der Waals surface area contributed by atoms with Gasteiger partial charge in [0.2, 0.25) is 5.91 Å². The quantitative estimate of drug-likeness (QED) is 0.501. The fourth-order valence-electron chi connectivity index (χ4n) is 4.80. The number of hydrogen-bond acceptors (Lipinski definition) is 2. The maximum atomic E-state index is 13.2. The average Bonchev–Trinajstić information content (AvgIpc) is 2.75. The smallest absolute Gasteiger partial charge is 0.279 e. The Balaban J connectivity index is 0.00000385. The minimum Gasteiger partial charge on any atom is -0.355 e. The zero-order valence-electron chi connectivity index (χ0n) is 20.6. The molecule has 1 fully saturated rings. The summed E-state index contributed by atoms with van der Waals surface area (Å²) >= 11 is 0. The van der Waals surface area contributed by atoms with Crippen LogP contribution < -0.4 is 10.6 Å². The second-order valence-corrected chi connectivity index (χ2v) is 9.84. The van der Waals surface area contributed by atoms with Crippen LogP contribution in [0.4, 0.5) is 5.69 Å². The van der Waals surface area contributed by atoms with Crippen LogP contribution in [0.3, 0.4) is 0 Å². The van der Waals surface area contributed by atoms with Gasteiger partial charge in [0.25, 0.3) is 5.91 Å². The van der Waals surface area contributed by atoms with Crippen molar-refractivity contribution in [3.63, 3.8) is 0 Å². The fraction of sp³-hybridized carbons (Fsp3) is 0.481. The van der Waals surface area contributed by atoms with Crippen molar-refractivity contribution in [2.45, 2.75) is 47.1 Å². The van der Waals surface area contributed by atoms with E-state index in [1.165, 1.54) is 5.56 Å². The molecule has 33 heavy (non-hydrogen) atoms. The summed E-state index contributed by atoms with van der Waals surface area (Å²) in [6.45, 7) is 11.7. The first-order chi connectivity index (χ1) is 15.3. The molecular formula is C27H38N3O2Y+. The minimum atomic E-state index is -0.0563. The molecule has 2 unspecified atom stereocenters. The standard InChI is InChI=1S/C27H37N3O2.Y/c1-20(2)16-28-27(32)24-14-9-15-30(18-24,17-23-12-6-5-7-13-23)19-25(31)29-26-21(3)10-8-11-22(26)4;/h5-8,10-13,20,24H,9,14-19H2,1-4H3,(H-,28,29,31,32);/p+1. The number of quaternary nitrogens is 1. The van der Waals surface area contributed by atoms with Crippen molar-refractivity contribution < 1.29 is 46.8 Å². The number of hydrogen-bond donors (Lipinski definition) is 2. The summed E-state index contributed by atoms with van der Waals surface area (Å²) in [5, 5.41) is 6.28.